The van der Waals surface area contributed by atoms with Crippen LogP contribution in [0, 0.1) is 5.92 Å². The van der Waals surface area contributed by atoms with Gasteiger partial charge in [0.2, 0.25) is 5.91 Å². The molecule has 1 aliphatic rings. The topological polar surface area (TPSA) is 70.8 Å². The van der Waals surface area contributed by atoms with Crippen molar-refractivity contribution in [2.24, 2.45) is 5.92 Å². The number of furan rings is 1. The summed E-state index contributed by atoms with van der Waals surface area (Å²) in [4.78, 5) is 24.8. The standard InChI is InChI=1S/C16H23NO4/c1-12-8-9-17(13(11-12)14-5-4-10-21-14)15(18)6-2-3-7-16(19)20/h4-5,10,12-13H,2-3,6-9,11H2,1H3,(H,19,20). The Bertz CT molecular complexity index is 469. The largest absolute Gasteiger partial charge is 0.481 e. The van der Waals surface area contributed by atoms with E-state index in [-0.39, 0.29) is 18.4 Å². The van der Waals surface area contributed by atoms with Crippen molar-refractivity contribution < 1.29 is 19.1 Å². The summed E-state index contributed by atoms with van der Waals surface area (Å²) in [6.07, 6.45) is 5.31. The molecule has 2 rings (SSSR count). The average Bonchev–Trinajstić information content (AvgIpc) is 2.97. The van der Waals surface area contributed by atoms with Crippen molar-refractivity contribution >= 4 is 11.9 Å². The molecule has 1 aromatic rings. The number of rotatable bonds is 6. The lowest BCUT2D eigenvalue weighted by molar-refractivity contribution is -0.138. The lowest BCUT2D eigenvalue weighted by atomic mass is 9.90. The van der Waals surface area contributed by atoms with Crippen LogP contribution >= 0.6 is 0 Å². The number of carbonyl (C=O) groups is 2. The Kier molecular flexibility index (Phi) is 5.42. The molecule has 2 heterocycles. The van der Waals surface area contributed by atoms with E-state index in [1.165, 1.54) is 0 Å². The third-order valence-electron chi connectivity index (χ3n) is 4.09. The first-order valence-electron chi connectivity index (χ1n) is 7.62. The fraction of sp³-hybridized carbons (Fsp3) is 0.625. The van der Waals surface area contributed by atoms with Crippen molar-refractivity contribution in [1.29, 1.82) is 0 Å². The molecule has 0 saturated carbocycles. The molecule has 1 N–H and O–H groups in total. The number of likely N-dealkylation sites (tertiary alicyclic amines) is 1. The van der Waals surface area contributed by atoms with E-state index >= 15 is 0 Å². The van der Waals surface area contributed by atoms with Crippen molar-refractivity contribution in [1.82, 2.24) is 4.90 Å². The fourth-order valence-corrected chi connectivity index (χ4v) is 2.89. The van der Waals surface area contributed by atoms with Gasteiger partial charge in [-0.05, 0) is 43.7 Å². The molecule has 0 aliphatic carbocycles. The second-order valence-corrected chi connectivity index (χ2v) is 5.85. The van der Waals surface area contributed by atoms with Crippen LogP contribution in [-0.2, 0) is 9.59 Å². The van der Waals surface area contributed by atoms with Gasteiger partial charge in [-0.3, -0.25) is 9.59 Å². The molecule has 2 unspecified atom stereocenters. The van der Waals surface area contributed by atoms with Gasteiger partial charge >= 0.3 is 5.97 Å². The van der Waals surface area contributed by atoms with Gasteiger partial charge < -0.3 is 14.4 Å². The van der Waals surface area contributed by atoms with Crippen LogP contribution in [0.1, 0.15) is 57.3 Å². The van der Waals surface area contributed by atoms with Crippen molar-refractivity contribution in [3.05, 3.63) is 24.2 Å². The first-order chi connectivity index (χ1) is 10.1. The number of aliphatic carboxylic acids is 1. The van der Waals surface area contributed by atoms with Gasteiger partial charge in [-0.15, -0.1) is 0 Å². The van der Waals surface area contributed by atoms with Crippen LogP contribution in [0.3, 0.4) is 0 Å². The lowest BCUT2D eigenvalue weighted by Crippen LogP contribution is -2.40. The fourth-order valence-electron chi connectivity index (χ4n) is 2.89. The Hall–Kier alpha value is -1.78. The van der Waals surface area contributed by atoms with Crippen LogP contribution in [0.5, 0.6) is 0 Å². The van der Waals surface area contributed by atoms with E-state index in [0.717, 1.165) is 25.1 Å². The second-order valence-electron chi connectivity index (χ2n) is 5.85. The second kappa shape index (κ2) is 7.29. The number of unbranched alkanes of at least 4 members (excludes halogenated alkanes) is 1. The highest BCUT2D eigenvalue weighted by molar-refractivity contribution is 5.76. The molecule has 1 aliphatic heterocycles. The number of carboxylic acid groups (broad SMARTS) is 1. The molecule has 2 atom stereocenters. The molecule has 21 heavy (non-hydrogen) atoms. The molecule has 0 aromatic carbocycles. The summed E-state index contributed by atoms with van der Waals surface area (Å²) in [5.41, 5.74) is 0. The van der Waals surface area contributed by atoms with Gasteiger partial charge in [-0.2, -0.15) is 0 Å². The number of carbonyl (C=O) groups excluding carboxylic acids is 1. The average molecular weight is 293 g/mol. The number of carboxylic acids is 1. The van der Waals surface area contributed by atoms with Crippen molar-refractivity contribution in [3.63, 3.8) is 0 Å². The molecule has 1 fully saturated rings. The summed E-state index contributed by atoms with van der Waals surface area (Å²) in [5, 5.41) is 8.62. The van der Waals surface area contributed by atoms with Crippen LogP contribution in [0.25, 0.3) is 0 Å². The van der Waals surface area contributed by atoms with Crippen LogP contribution in [0.15, 0.2) is 22.8 Å². The number of amides is 1. The summed E-state index contributed by atoms with van der Waals surface area (Å²) in [6, 6.07) is 3.80. The summed E-state index contributed by atoms with van der Waals surface area (Å²) >= 11 is 0. The Morgan fingerprint density at radius 2 is 2.14 bits per heavy atom. The van der Waals surface area contributed by atoms with Crippen LogP contribution in [0.4, 0.5) is 0 Å². The monoisotopic (exact) mass is 293 g/mol. The van der Waals surface area contributed by atoms with Gasteiger partial charge in [0.1, 0.15) is 5.76 Å². The molecule has 5 heteroatoms. The van der Waals surface area contributed by atoms with Gasteiger partial charge in [0.25, 0.3) is 0 Å². The third-order valence-corrected chi connectivity index (χ3v) is 4.09. The molecule has 116 valence electrons. The quantitative estimate of drug-likeness (QED) is 0.817. The lowest BCUT2D eigenvalue weighted by Gasteiger charge is -2.37. The predicted molar refractivity (Wildman–Crippen MR) is 77.7 cm³/mol. The van der Waals surface area contributed by atoms with Gasteiger partial charge in [0, 0.05) is 19.4 Å². The summed E-state index contributed by atoms with van der Waals surface area (Å²) in [5.74, 6) is 0.730. The SMILES string of the molecule is CC1CCN(C(=O)CCCCC(=O)O)C(c2ccco2)C1. The van der Waals surface area contributed by atoms with Crippen LogP contribution < -0.4 is 0 Å². The first-order valence-corrected chi connectivity index (χ1v) is 7.62. The number of hydrogen-bond acceptors (Lipinski definition) is 3. The van der Waals surface area contributed by atoms with Gasteiger partial charge in [-0.25, -0.2) is 0 Å². The molecule has 1 amide bonds. The van der Waals surface area contributed by atoms with Crippen molar-refractivity contribution in [3.8, 4) is 0 Å². The minimum Gasteiger partial charge on any atom is -0.481 e. The number of piperidine rings is 1. The maximum absolute atomic E-state index is 12.4. The van der Waals surface area contributed by atoms with E-state index in [1.54, 1.807) is 6.26 Å². The Labute approximate surface area is 124 Å². The van der Waals surface area contributed by atoms with Crippen molar-refractivity contribution in [2.75, 3.05) is 6.54 Å². The molecule has 0 radical (unpaired) electrons. The highest BCUT2D eigenvalue weighted by Crippen LogP contribution is 2.34. The summed E-state index contributed by atoms with van der Waals surface area (Å²) in [6.45, 7) is 2.95. The summed E-state index contributed by atoms with van der Waals surface area (Å²) < 4.78 is 5.49. The van der Waals surface area contributed by atoms with E-state index in [2.05, 4.69) is 6.92 Å². The highest BCUT2D eigenvalue weighted by atomic mass is 16.4. The Morgan fingerprint density at radius 1 is 1.38 bits per heavy atom. The van der Waals surface area contributed by atoms with E-state index in [0.29, 0.717) is 25.2 Å². The molecular formula is C16H23NO4. The maximum Gasteiger partial charge on any atom is 0.303 e. The van der Waals surface area contributed by atoms with Gasteiger partial charge in [-0.1, -0.05) is 6.92 Å². The minimum absolute atomic E-state index is 0.0238. The zero-order chi connectivity index (χ0) is 15.2. The van der Waals surface area contributed by atoms with E-state index in [9.17, 15) is 9.59 Å². The maximum atomic E-state index is 12.4. The first kappa shape index (κ1) is 15.6. The minimum atomic E-state index is -0.803. The van der Waals surface area contributed by atoms with Crippen LogP contribution in [0.2, 0.25) is 0 Å². The number of nitrogens with zero attached hydrogens (tertiary/aromatic N) is 1. The van der Waals surface area contributed by atoms with E-state index in [4.69, 9.17) is 9.52 Å². The smallest absolute Gasteiger partial charge is 0.303 e. The molecule has 0 spiro atoms. The van der Waals surface area contributed by atoms with E-state index in [1.807, 2.05) is 17.0 Å². The summed E-state index contributed by atoms with van der Waals surface area (Å²) in [7, 11) is 0. The predicted octanol–water partition coefficient (Wildman–Crippen LogP) is 3.22. The number of hydrogen-bond donors (Lipinski definition) is 1. The highest BCUT2D eigenvalue weighted by Gasteiger charge is 2.32. The molecular weight excluding hydrogens is 270 g/mol. The molecule has 5 nitrogen and oxygen atoms in total. The van der Waals surface area contributed by atoms with Gasteiger partial charge in [0.15, 0.2) is 0 Å². The third kappa shape index (κ3) is 4.34. The molecule has 1 saturated heterocycles. The van der Waals surface area contributed by atoms with E-state index < -0.39 is 5.97 Å². The van der Waals surface area contributed by atoms with Crippen molar-refractivity contribution in [2.45, 2.75) is 51.5 Å². The van der Waals surface area contributed by atoms with Gasteiger partial charge in [0.05, 0.1) is 12.3 Å². The zero-order valence-corrected chi connectivity index (χ0v) is 12.5. The zero-order valence-electron chi connectivity index (χ0n) is 12.5. The normalized spacial score (nSPS) is 22.2. The molecule has 0 bridgehead atoms. The Morgan fingerprint density at radius 3 is 2.81 bits per heavy atom. The Balaban J connectivity index is 1.92. The molecule has 1 aromatic heterocycles. The van der Waals surface area contributed by atoms with Crippen LogP contribution in [-0.4, -0.2) is 28.4 Å².